The highest BCUT2D eigenvalue weighted by Gasteiger charge is 2.26. The first-order valence-corrected chi connectivity index (χ1v) is 8.04. The van der Waals surface area contributed by atoms with E-state index in [0.717, 1.165) is 11.3 Å². The van der Waals surface area contributed by atoms with Crippen molar-refractivity contribution in [2.24, 2.45) is 0 Å². The minimum Gasteiger partial charge on any atom is -0.379 e. The number of aromatic nitrogens is 2. The van der Waals surface area contributed by atoms with E-state index in [1.54, 1.807) is 9.80 Å². The summed E-state index contributed by atoms with van der Waals surface area (Å²) in [5, 5.41) is 9.84. The van der Waals surface area contributed by atoms with Gasteiger partial charge in [0.2, 0.25) is 11.5 Å². The predicted molar refractivity (Wildman–Crippen MR) is 91.0 cm³/mol. The van der Waals surface area contributed by atoms with Crippen molar-refractivity contribution >= 4 is 23.4 Å². The van der Waals surface area contributed by atoms with E-state index in [9.17, 15) is 9.59 Å². The Bertz CT molecular complexity index is 757. The smallest absolute Gasteiger partial charge is 0.321 e. The van der Waals surface area contributed by atoms with Crippen LogP contribution in [-0.4, -0.2) is 58.2 Å². The fourth-order valence-corrected chi connectivity index (χ4v) is 2.66. The van der Waals surface area contributed by atoms with Gasteiger partial charge in [-0.15, -0.1) is 0 Å². The molecule has 2 aromatic rings. The number of anilines is 2. The molecule has 9 nitrogen and oxygen atoms in total. The quantitative estimate of drug-likeness (QED) is 0.849. The molecule has 0 radical (unpaired) electrons. The van der Waals surface area contributed by atoms with E-state index in [0.29, 0.717) is 32.6 Å². The van der Waals surface area contributed by atoms with Crippen LogP contribution in [0, 0.1) is 6.92 Å². The molecular weight excluding hydrogens is 324 g/mol. The summed E-state index contributed by atoms with van der Waals surface area (Å²) in [6, 6.07) is 7.42. The highest BCUT2D eigenvalue weighted by molar-refractivity contribution is 5.96. The van der Waals surface area contributed by atoms with Crippen molar-refractivity contribution < 1.29 is 14.2 Å². The topological polar surface area (TPSA) is 118 Å². The number of amides is 3. The van der Waals surface area contributed by atoms with Gasteiger partial charge in [-0.2, -0.15) is 0 Å². The van der Waals surface area contributed by atoms with E-state index >= 15 is 0 Å². The lowest BCUT2D eigenvalue weighted by Gasteiger charge is -2.22. The zero-order valence-electron chi connectivity index (χ0n) is 13.9. The van der Waals surface area contributed by atoms with Gasteiger partial charge in [-0.05, 0) is 35.8 Å². The number of carbonyl (C=O) groups excluding carboxylic acids is 2. The molecule has 1 aliphatic heterocycles. The zero-order chi connectivity index (χ0) is 17.8. The molecule has 1 aliphatic rings. The lowest BCUT2D eigenvalue weighted by molar-refractivity contribution is 0.0752. The summed E-state index contributed by atoms with van der Waals surface area (Å²) in [4.78, 5) is 28.1. The maximum Gasteiger partial charge on any atom is 0.321 e. The van der Waals surface area contributed by atoms with E-state index in [-0.39, 0.29) is 23.5 Å². The van der Waals surface area contributed by atoms with Crippen molar-refractivity contribution in [1.82, 2.24) is 20.1 Å². The number of carbonyl (C=O) groups is 2. The molecule has 3 rings (SSSR count). The number of hydrogen-bond acceptors (Lipinski definition) is 6. The number of nitrogens with two attached hydrogens (primary N) is 1. The highest BCUT2D eigenvalue weighted by atomic mass is 16.6. The maximum absolute atomic E-state index is 12.4. The number of nitrogens with one attached hydrogen (secondary N) is 1. The minimum absolute atomic E-state index is 0.0116. The van der Waals surface area contributed by atoms with Crippen LogP contribution in [0.4, 0.5) is 16.3 Å². The van der Waals surface area contributed by atoms with Crippen molar-refractivity contribution in [2.75, 3.05) is 37.2 Å². The summed E-state index contributed by atoms with van der Waals surface area (Å²) in [7, 11) is 0. The third kappa shape index (κ3) is 3.87. The SMILES string of the molecule is Cc1ccc(NC(=O)N2CCCN(C(=O)c3nonc3N)CC2)cc1. The number of benzene rings is 1. The van der Waals surface area contributed by atoms with Gasteiger partial charge in [-0.1, -0.05) is 17.7 Å². The van der Waals surface area contributed by atoms with Crippen LogP contribution < -0.4 is 11.1 Å². The summed E-state index contributed by atoms with van der Waals surface area (Å²) >= 11 is 0. The van der Waals surface area contributed by atoms with Crippen LogP contribution in [0.2, 0.25) is 0 Å². The van der Waals surface area contributed by atoms with Crippen molar-refractivity contribution in [3.05, 3.63) is 35.5 Å². The molecule has 1 saturated heterocycles. The van der Waals surface area contributed by atoms with Crippen LogP contribution in [0.25, 0.3) is 0 Å². The molecular formula is C16H20N6O3. The van der Waals surface area contributed by atoms with E-state index in [4.69, 9.17) is 5.73 Å². The molecule has 2 heterocycles. The Morgan fingerprint density at radius 2 is 1.76 bits per heavy atom. The minimum atomic E-state index is -0.334. The zero-order valence-corrected chi connectivity index (χ0v) is 13.9. The number of rotatable bonds is 2. The Balaban J connectivity index is 1.59. The van der Waals surface area contributed by atoms with Gasteiger partial charge in [0.05, 0.1) is 0 Å². The van der Waals surface area contributed by atoms with Crippen molar-refractivity contribution in [2.45, 2.75) is 13.3 Å². The fourth-order valence-electron chi connectivity index (χ4n) is 2.66. The molecule has 0 atom stereocenters. The van der Waals surface area contributed by atoms with Gasteiger partial charge in [0.25, 0.3) is 5.91 Å². The van der Waals surface area contributed by atoms with Gasteiger partial charge in [-0.3, -0.25) is 4.79 Å². The standard InChI is InChI=1S/C16H20N6O3/c1-11-3-5-12(6-4-11)18-16(24)22-8-2-7-21(9-10-22)15(23)13-14(17)20-25-19-13/h3-6H,2,7-10H2,1H3,(H2,17,20)(H,18,24). The van der Waals surface area contributed by atoms with Gasteiger partial charge in [0, 0.05) is 31.9 Å². The summed E-state index contributed by atoms with van der Waals surface area (Å²) in [5.74, 6) is -0.359. The second-order valence-electron chi connectivity index (χ2n) is 5.93. The van der Waals surface area contributed by atoms with Crippen LogP contribution in [0.3, 0.4) is 0 Å². The Hall–Kier alpha value is -3.10. The molecule has 3 amide bonds. The molecule has 1 aromatic carbocycles. The fraction of sp³-hybridized carbons (Fsp3) is 0.375. The van der Waals surface area contributed by atoms with Crippen molar-refractivity contribution in [1.29, 1.82) is 0 Å². The Morgan fingerprint density at radius 3 is 2.44 bits per heavy atom. The van der Waals surface area contributed by atoms with Crippen molar-refractivity contribution in [3.63, 3.8) is 0 Å². The highest BCUT2D eigenvalue weighted by Crippen LogP contribution is 2.13. The average Bonchev–Trinajstić information content (AvgIpc) is 2.88. The van der Waals surface area contributed by atoms with E-state index in [1.165, 1.54) is 0 Å². The number of urea groups is 1. The second kappa shape index (κ2) is 7.20. The van der Waals surface area contributed by atoms with Gasteiger partial charge in [0.1, 0.15) is 0 Å². The Labute approximate surface area is 144 Å². The summed E-state index contributed by atoms with van der Waals surface area (Å²) in [6.07, 6.45) is 0.665. The largest absolute Gasteiger partial charge is 0.379 e. The average molecular weight is 344 g/mol. The number of hydrogen-bond donors (Lipinski definition) is 2. The van der Waals surface area contributed by atoms with Crippen molar-refractivity contribution in [3.8, 4) is 0 Å². The van der Waals surface area contributed by atoms with Crippen LogP contribution in [0.15, 0.2) is 28.9 Å². The summed E-state index contributed by atoms with van der Waals surface area (Å²) in [5.41, 5.74) is 7.45. The molecule has 0 spiro atoms. The third-order valence-corrected chi connectivity index (χ3v) is 4.09. The number of aryl methyl sites for hydroxylation is 1. The van der Waals surface area contributed by atoms with E-state index in [2.05, 4.69) is 20.3 Å². The first-order valence-electron chi connectivity index (χ1n) is 8.04. The van der Waals surface area contributed by atoms with Crippen LogP contribution in [0.1, 0.15) is 22.5 Å². The molecule has 0 unspecified atom stereocenters. The lowest BCUT2D eigenvalue weighted by atomic mass is 10.2. The van der Waals surface area contributed by atoms with Crippen LogP contribution >= 0.6 is 0 Å². The van der Waals surface area contributed by atoms with Crippen LogP contribution in [0.5, 0.6) is 0 Å². The normalized spacial score (nSPS) is 14.9. The Kier molecular flexibility index (Phi) is 4.82. The first kappa shape index (κ1) is 16.7. The summed E-state index contributed by atoms with van der Waals surface area (Å²) < 4.78 is 4.48. The number of nitrogen functional groups attached to an aromatic ring is 1. The van der Waals surface area contributed by atoms with E-state index in [1.807, 2.05) is 31.2 Å². The van der Waals surface area contributed by atoms with Gasteiger partial charge < -0.3 is 20.9 Å². The Morgan fingerprint density at radius 1 is 1.08 bits per heavy atom. The molecule has 25 heavy (non-hydrogen) atoms. The van der Waals surface area contributed by atoms with Crippen LogP contribution in [-0.2, 0) is 0 Å². The molecule has 0 bridgehead atoms. The van der Waals surface area contributed by atoms with E-state index < -0.39 is 0 Å². The van der Waals surface area contributed by atoms with Gasteiger partial charge in [0.15, 0.2) is 0 Å². The first-order chi connectivity index (χ1) is 12.0. The molecule has 3 N–H and O–H groups in total. The molecule has 1 fully saturated rings. The number of nitrogens with zero attached hydrogens (tertiary/aromatic N) is 4. The summed E-state index contributed by atoms with van der Waals surface area (Å²) in [6.45, 7) is 3.89. The predicted octanol–water partition coefficient (Wildman–Crippen LogP) is 1.34. The molecule has 132 valence electrons. The van der Waals surface area contributed by atoms with Gasteiger partial charge in [-0.25, -0.2) is 9.42 Å². The molecule has 9 heteroatoms. The third-order valence-electron chi connectivity index (χ3n) is 4.09. The molecule has 0 saturated carbocycles. The van der Waals surface area contributed by atoms with Gasteiger partial charge >= 0.3 is 6.03 Å². The molecule has 0 aliphatic carbocycles. The second-order valence-corrected chi connectivity index (χ2v) is 5.93. The maximum atomic E-state index is 12.4. The monoisotopic (exact) mass is 344 g/mol. The molecule has 1 aromatic heterocycles. The lowest BCUT2D eigenvalue weighted by Crippen LogP contribution is -2.39.